The second-order valence-electron chi connectivity index (χ2n) is 9.27. The molecule has 0 aromatic heterocycles. The summed E-state index contributed by atoms with van der Waals surface area (Å²) in [6, 6.07) is 0. The Morgan fingerprint density at radius 1 is 0.645 bits per heavy atom. The van der Waals surface area contributed by atoms with E-state index in [1.165, 1.54) is 69.1 Å². The highest BCUT2D eigenvalue weighted by Gasteiger charge is 2.19. The van der Waals surface area contributed by atoms with Crippen LogP contribution in [0, 0.1) is 0 Å². The van der Waals surface area contributed by atoms with Gasteiger partial charge in [0, 0.05) is 20.2 Å². The van der Waals surface area contributed by atoms with Gasteiger partial charge < -0.3 is 23.8 Å². The third-order valence-corrected chi connectivity index (χ3v) is 4.91. The first kappa shape index (κ1) is 30.1. The zero-order chi connectivity index (χ0) is 23.2. The zero-order valence-corrected chi connectivity index (χ0v) is 21.2. The van der Waals surface area contributed by atoms with Gasteiger partial charge in [0.15, 0.2) is 0 Å². The second kappa shape index (κ2) is 21.0. The van der Waals surface area contributed by atoms with E-state index in [4.69, 9.17) is 18.9 Å². The van der Waals surface area contributed by atoms with Gasteiger partial charge >= 0.3 is 6.09 Å². The lowest BCUT2D eigenvalue weighted by Crippen LogP contribution is -2.36. The summed E-state index contributed by atoms with van der Waals surface area (Å²) < 4.78 is 21.9. The Morgan fingerprint density at radius 2 is 1.06 bits per heavy atom. The standard InChI is InChI=1S/C25H51NO5/c1-6-7-8-9-10-11-12-13-14-15-16-18-28-20-22-30-23-21-29-19-17-26(5)24(27)31-25(2,3)4/h6-23H2,1-5H3. The molecule has 0 aliphatic carbocycles. The van der Waals surface area contributed by atoms with E-state index < -0.39 is 5.60 Å². The third-order valence-electron chi connectivity index (χ3n) is 4.91. The number of amides is 1. The molecule has 0 aliphatic rings. The molecule has 0 aromatic rings. The SMILES string of the molecule is CCCCCCCCCCCCCOCCOCCOCCN(C)C(=O)OC(C)(C)C. The van der Waals surface area contributed by atoms with Gasteiger partial charge in [-0.05, 0) is 27.2 Å². The van der Waals surface area contributed by atoms with Crippen molar-refractivity contribution < 1.29 is 23.7 Å². The summed E-state index contributed by atoms with van der Waals surface area (Å²) in [5.41, 5.74) is -0.477. The van der Waals surface area contributed by atoms with Crippen LogP contribution in [0.2, 0.25) is 0 Å². The minimum atomic E-state index is -0.477. The van der Waals surface area contributed by atoms with Gasteiger partial charge in [-0.1, -0.05) is 71.1 Å². The van der Waals surface area contributed by atoms with E-state index in [2.05, 4.69) is 6.92 Å². The van der Waals surface area contributed by atoms with Gasteiger partial charge in [-0.2, -0.15) is 0 Å². The summed E-state index contributed by atoms with van der Waals surface area (Å²) >= 11 is 0. The van der Waals surface area contributed by atoms with Crippen molar-refractivity contribution in [2.75, 3.05) is 53.2 Å². The van der Waals surface area contributed by atoms with Crippen molar-refractivity contribution in [2.24, 2.45) is 0 Å². The predicted octanol–water partition coefficient (Wildman–Crippen LogP) is 6.21. The molecule has 0 rings (SSSR count). The van der Waals surface area contributed by atoms with E-state index in [0.717, 1.165) is 13.0 Å². The van der Waals surface area contributed by atoms with Crippen LogP contribution in [-0.2, 0) is 18.9 Å². The predicted molar refractivity (Wildman–Crippen MR) is 128 cm³/mol. The fourth-order valence-corrected chi connectivity index (χ4v) is 3.04. The number of likely N-dealkylation sites (N-methyl/N-ethyl adjacent to an activating group) is 1. The summed E-state index contributed by atoms with van der Waals surface area (Å²) in [5, 5.41) is 0. The number of unbranched alkanes of at least 4 members (excludes halogenated alkanes) is 10. The fourth-order valence-electron chi connectivity index (χ4n) is 3.04. The monoisotopic (exact) mass is 445 g/mol. The van der Waals surface area contributed by atoms with Crippen molar-refractivity contribution in [3.8, 4) is 0 Å². The number of carbonyl (C=O) groups is 1. The molecule has 0 bridgehead atoms. The van der Waals surface area contributed by atoms with Crippen molar-refractivity contribution in [3.63, 3.8) is 0 Å². The maximum absolute atomic E-state index is 11.8. The molecule has 0 aliphatic heterocycles. The Morgan fingerprint density at radius 3 is 1.55 bits per heavy atom. The Labute approximate surface area is 192 Å². The normalized spacial score (nSPS) is 11.6. The Hall–Kier alpha value is -0.850. The molecule has 0 radical (unpaired) electrons. The molecule has 0 saturated carbocycles. The first-order chi connectivity index (χ1) is 14.9. The summed E-state index contributed by atoms with van der Waals surface area (Å²) in [6.45, 7) is 11.9. The molecule has 6 heteroatoms. The van der Waals surface area contributed by atoms with E-state index in [1.807, 2.05) is 20.8 Å². The molecule has 0 unspecified atom stereocenters. The van der Waals surface area contributed by atoms with Crippen LogP contribution in [0.25, 0.3) is 0 Å². The number of nitrogens with zero attached hydrogens (tertiary/aromatic N) is 1. The van der Waals surface area contributed by atoms with Gasteiger partial charge in [0.1, 0.15) is 5.60 Å². The number of rotatable bonds is 21. The summed E-state index contributed by atoms with van der Waals surface area (Å²) in [5.74, 6) is 0. The van der Waals surface area contributed by atoms with Crippen LogP contribution >= 0.6 is 0 Å². The molecule has 6 nitrogen and oxygen atoms in total. The Kier molecular flexibility index (Phi) is 20.4. The van der Waals surface area contributed by atoms with Crippen LogP contribution in [0.5, 0.6) is 0 Å². The average Bonchev–Trinajstić information content (AvgIpc) is 2.71. The molecule has 0 heterocycles. The van der Waals surface area contributed by atoms with E-state index in [9.17, 15) is 4.79 Å². The van der Waals surface area contributed by atoms with E-state index in [0.29, 0.717) is 39.6 Å². The number of hydrogen-bond acceptors (Lipinski definition) is 5. The van der Waals surface area contributed by atoms with Gasteiger partial charge in [-0.3, -0.25) is 0 Å². The number of carbonyl (C=O) groups excluding carboxylic acids is 1. The molecule has 0 N–H and O–H groups in total. The average molecular weight is 446 g/mol. The van der Waals surface area contributed by atoms with Crippen LogP contribution in [0.3, 0.4) is 0 Å². The highest BCUT2D eigenvalue weighted by atomic mass is 16.6. The summed E-state index contributed by atoms with van der Waals surface area (Å²) in [6.07, 6.45) is 14.5. The largest absolute Gasteiger partial charge is 0.444 e. The molecule has 0 aromatic carbocycles. The van der Waals surface area contributed by atoms with Crippen molar-refractivity contribution in [1.82, 2.24) is 4.90 Å². The smallest absolute Gasteiger partial charge is 0.410 e. The quantitative estimate of drug-likeness (QED) is 0.196. The summed E-state index contributed by atoms with van der Waals surface area (Å²) in [4.78, 5) is 13.3. The van der Waals surface area contributed by atoms with Crippen molar-refractivity contribution in [2.45, 2.75) is 104 Å². The topological polar surface area (TPSA) is 57.2 Å². The van der Waals surface area contributed by atoms with Crippen LogP contribution in [0.15, 0.2) is 0 Å². The van der Waals surface area contributed by atoms with Gasteiger partial charge in [0.2, 0.25) is 0 Å². The highest BCUT2D eigenvalue weighted by molar-refractivity contribution is 5.67. The highest BCUT2D eigenvalue weighted by Crippen LogP contribution is 2.11. The molecule has 0 fully saturated rings. The minimum Gasteiger partial charge on any atom is -0.444 e. The molecule has 0 spiro atoms. The first-order valence-electron chi connectivity index (χ1n) is 12.5. The lowest BCUT2D eigenvalue weighted by molar-refractivity contribution is 0.00443. The Bertz CT molecular complexity index is 398. The van der Waals surface area contributed by atoms with Crippen LogP contribution < -0.4 is 0 Å². The Balaban J connectivity index is 3.21. The van der Waals surface area contributed by atoms with Crippen LogP contribution in [-0.4, -0.2) is 69.8 Å². The molecule has 31 heavy (non-hydrogen) atoms. The molecular formula is C25H51NO5. The van der Waals surface area contributed by atoms with Gasteiger partial charge in [0.05, 0.1) is 33.0 Å². The molecule has 0 atom stereocenters. The molecular weight excluding hydrogens is 394 g/mol. The van der Waals surface area contributed by atoms with Crippen molar-refractivity contribution >= 4 is 6.09 Å². The van der Waals surface area contributed by atoms with Crippen molar-refractivity contribution in [1.29, 1.82) is 0 Å². The maximum atomic E-state index is 11.8. The molecule has 0 saturated heterocycles. The second-order valence-corrected chi connectivity index (χ2v) is 9.27. The number of ether oxygens (including phenoxy) is 4. The van der Waals surface area contributed by atoms with Gasteiger partial charge in [0.25, 0.3) is 0 Å². The maximum Gasteiger partial charge on any atom is 0.410 e. The third kappa shape index (κ3) is 23.6. The summed E-state index contributed by atoms with van der Waals surface area (Å²) in [7, 11) is 1.71. The lowest BCUT2D eigenvalue weighted by atomic mass is 10.1. The fraction of sp³-hybridized carbons (Fsp3) is 0.960. The minimum absolute atomic E-state index is 0.331. The van der Waals surface area contributed by atoms with E-state index in [1.54, 1.807) is 7.05 Å². The zero-order valence-electron chi connectivity index (χ0n) is 21.2. The number of hydrogen-bond donors (Lipinski definition) is 0. The van der Waals surface area contributed by atoms with Crippen molar-refractivity contribution in [3.05, 3.63) is 0 Å². The van der Waals surface area contributed by atoms with Crippen LogP contribution in [0.1, 0.15) is 98.3 Å². The van der Waals surface area contributed by atoms with E-state index in [-0.39, 0.29) is 6.09 Å². The van der Waals surface area contributed by atoms with Crippen LogP contribution in [0.4, 0.5) is 4.79 Å². The molecule has 186 valence electrons. The van der Waals surface area contributed by atoms with E-state index >= 15 is 0 Å². The molecule has 1 amide bonds. The van der Waals surface area contributed by atoms with Gasteiger partial charge in [-0.15, -0.1) is 0 Å². The first-order valence-corrected chi connectivity index (χ1v) is 12.5. The lowest BCUT2D eigenvalue weighted by Gasteiger charge is -2.24. The van der Waals surface area contributed by atoms with Gasteiger partial charge in [-0.25, -0.2) is 4.79 Å².